The van der Waals surface area contributed by atoms with Crippen molar-refractivity contribution in [2.45, 2.75) is 6.92 Å². The molecular formula is C22H21N3O3. The number of anilines is 3. The van der Waals surface area contributed by atoms with Crippen molar-refractivity contribution in [3.63, 3.8) is 0 Å². The van der Waals surface area contributed by atoms with Gasteiger partial charge in [-0.1, -0.05) is 30.3 Å². The lowest BCUT2D eigenvalue weighted by molar-refractivity contribution is 0.0527. The molecule has 0 aliphatic heterocycles. The smallest absolute Gasteiger partial charge is 0.340 e. The molecule has 142 valence electrons. The number of carbonyl (C=O) groups is 2. The number of rotatable bonds is 6. The molecule has 1 amide bonds. The van der Waals surface area contributed by atoms with Gasteiger partial charge >= 0.3 is 5.97 Å². The van der Waals surface area contributed by atoms with E-state index in [2.05, 4.69) is 10.3 Å². The quantitative estimate of drug-likeness (QED) is 0.651. The largest absolute Gasteiger partial charge is 0.462 e. The summed E-state index contributed by atoms with van der Waals surface area (Å²) in [4.78, 5) is 30.8. The normalized spacial score (nSPS) is 10.2. The zero-order valence-electron chi connectivity index (χ0n) is 15.8. The number of para-hydroxylation sites is 2. The molecule has 0 unspecified atom stereocenters. The van der Waals surface area contributed by atoms with E-state index in [1.165, 1.54) is 0 Å². The van der Waals surface area contributed by atoms with Gasteiger partial charge in [-0.2, -0.15) is 0 Å². The Morgan fingerprint density at radius 2 is 1.68 bits per heavy atom. The highest BCUT2D eigenvalue weighted by molar-refractivity contribution is 6.07. The number of nitrogens with zero attached hydrogens (tertiary/aromatic N) is 2. The monoisotopic (exact) mass is 375 g/mol. The fraction of sp³-hybridized carbons (Fsp3) is 0.136. The first-order valence-electron chi connectivity index (χ1n) is 8.92. The van der Waals surface area contributed by atoms with Gasteiger partial charge in [0.25, 0.3) is 5.91 Å². The Labute approximate surface area is 163 Å². The molecule has 0 aliphatic rings. The second-order valence-corrected chi connectivity index (χ2v) is 6.02. The molecule has 0 aliphatic carbocycles. The van der Waals surface area contributed by atoms with Crippen molar-refractivity contribution >= 4 is 28.9 Å². The van der Waals surface area contributed by atoms with E-state index in [1.807, 2.05) is 48.3 Å². The van der Waals surface area contributed by atoms with Gasteiger partial charge in [-0.3, -0.25) is 4.79 Å². The molecular weight excluding hydrogens is 354 g/mol. The third kappa shape index (κ3) is 4.35. The first-order valence-corrected chi connectivity index (χ1v) is 8.92. The maximum absolute atomic E-state index is 12.6. The van der Waals surface area contributed by atoms with Crippen LogP contribution >= 0.6 is 0 Å². The Bertz CT molecular complexity index is 956. The van der Waals surface area contributed by atoms with E-state index in [0.717, 1.165) is 11.4 Å². The molecule has 1 N–H and O–H groups in total. The van der Waals surface area contributed by atoms with Crippen molar-refractivity contribution in [3.8, 4) is 0 Å². The van der Waals surface area contributed by atoms with Crippen LogP contribution < -0.4 is 10.2 Å². The van der Waals surface area contributed by atoms with E-state index < -0.39 is 11.9 Å². The second-order valence-electron chi connectivity index (χ2n) is 6.02. The van der Waals surface area contributed by atoms with Crippen LogP contribution in [0.2, 0.25) is 0 Å². The number of esters is 1. The van der Waals surface area contributed by atoms with Gasteiger partial charge in [0.05, 0.1) is 29.7 Å². The number of carbonyl (C=O) groups excluding carboxylic acids is 2. The van der Waals surface area contributed by atoms with Crippen LogP contribution in [0.5, 0.6) is 0 Å². The second kappa shape index (κ2) is 8.81. The number of hydrogen-bond acceptors (Lipinski definition) is 5. The molecule has 6 heteroatoms. The number of ether oxygens (including phenoxy) is 1. The van der Waals surface area contributed by atoms with Crippen LogP contribution in [0.25, 0.3) is 0 Å². The summed E-state index contributed by atoms with van der Waals surface area (Å²) in [5, 5.41) is 2.73. The molecule has 3 rings (SSSR count). The summed E-state index contributed by atoms with van der Waals surface area (Å²) < 4.78 is 5.03. The average Bonchev–Trinajstić information content (AvgIpc) is 2.74. The molecule has 0 atom stereocenters. The zero-order chi connectivity index (χ0) is 19.9. The Morgan fingerprint density at radius 3 is 2.36 bits per heavy atom. The molecule has 3 aromatic rings. The Hall–Kier alpha value is -3.67. The third-order valence-corrected chi connectivity index (χ3v) is 4.18. The van der Waals surface area contributed by atoms with Crippen molar-refractivity contribution in [2.75, 3.05) is 23.9 Å². The maximum atomic E-state index is 12.6. The fourth-order valence-corrected chi connectivity index (χ4v) is 2.68. The summed E-state index contributed by atoms with van der Waals surface area (Å²) in [6.45, 7) is 2.00. The number of hydrogen-bond donors (Lipinski definition) is 1. The minimum absolute atomic E-state index is 0.254. The Kier molecular flexibility index (Phi) is 6.01. The van der Waals surface area contributed by atoms with E-state index in [4.69, 9.17) is 4.74 Å². The predicted molar refractivity (Wildman–Crippen MR) is 109 cm³/mol. The van der Waals surface area contributed by atoms with Gasteiger partial charge in [-0.05, 0) is 43.3 Å². The van der Waals surface area contributed by atoms with Gasteiger partial charge in [-0.25, -0.2) is 9.78 Å². The van der Waals surface area contributed by atoms with E-state index in [9.17, 15) is 9.59 Å². The van der Waals surface area contributed by atoms with Gasteiger partial charge < -0.3 is 15.0 Å². The van der Waals surface area contributed by atoms with Gasteiger partial charge in [0.15, 0.2) is 0 Å². The summed E-state index contributed by atoms with van der Waals surface area (Å²) in [5.41, 5.74) is 2.82. The summed E-state index contributed by atoms with van der Waals surface area (Å²) in [6, 6.07) is 20.1. The number of aromatic nitrogens is 1. The number of benzene rings is 2. The third-order valence-electron chi connectivity index (χ3n) is 4.18. The van der Waals surface area contributed by atoms with Crippen LogP contribution in [0, 0.1) is 0 Å². The van der Waals surface area contributed by atoms with Crippen LogP contribution in [0.3, 0.4) is 0 Å². The van der Waals surface area contributed by atoms with Crippen LogP contribution in [-0.2, 0) is 4.74 Å². The zero-order valence-corrected chi connectivity index (χ0v) is 15.8. The van der Waals surface area contributed by atoms with Gasteiger partial charge in [0, 0.05) is 12.7 Å². The van der Waals surface area contributed by atoms with E-state index in [1.54, 1.807) is 43.5 Å². The van der Waals surface area contributed by atoms with Crippen LogP contribution in [0.1, 0.15) is 27.8 Å². The molecule has 0 fully saturated rings. The summed E-state index contributed by atoms with van der Waals surface area (Å²) in [5.74, 6) is -0.878. The minimum Gasteiger partial charge on any atom is -0.462 e. The maximum Gasteiger partial charge on any atom is 0.340 e. The SMILES string of the molecule is CCOC(=O)c1ccccc1NC(=O)c1ccc(N(C)c2ccccc2)cn1. The lowest BCUT2D eigenvalue weighted by Crippen LogP contribution is -2.17. The molecule has 0 bridgehead atoms. The van der Waals surface area contributed by atoms with Gasteiger partial charge in [0.1, 0.15) is 5.69 Å². The highest BCUT2D eigenvalue weighted by Crippen LogP contribution is 2.23. The highest BCUT2D eigenvalue weighted by atomic mass is 16.5. The number of nitrogens with one attached hydrogen (secondary N) is 1. The summed E-state index contributed by atoms with van der Waals surface area (Å²) in [7, 11) is 1.93. The molecule has 0 spiro atoms. The molecule has 6 nitrogen and oxygen atoms in total. The standard InChI is InChI=1S/C22H21N3O3/c1-3-28-22(27)18-11-7-8-12-19(18)24-21(26)20-14-13-17(15-23-20)25(2)16-9-5-4-6-10-16/h4-15H,3H2,1-2H3,(H,24,26). The number of pyridine rings is 1. The first-order chi connectivity index (χ1) is 13.6. The lowest BCUT2D eigenvalue weighted by Gasteiger charge is -2.19. The van der Waals surface area contributed by atoms with E-state index in [-0.39, 0.29) is 12.3 Å². The van der Waals surface area contributed by atoms with Crippen molar-refractivity contribution in [1.29, 1.82) is 0 Å². The van der Waals surface area contributed by atoms with Crippen LogP contribution in [0.15, 0.2) is 72.9 Å². The molecule has 0 saturated heterocycles. The number of amides is 1. The predicted octanol–water partition coefficient (Wildman–Crippen LogP) is 4.28. The molecule has 1 aromatic heterocycles. The average molecular weight is 375 g/mol. The van der Waals surface area contributed by atoms with Gasteiger partial charge in [0.2, 0.25) is 0 Å². The molecule has 0 radical (unpaired) electrons. The Balaban J connectivity index is 1.75. The summed E-state index contributed by atoms with van der Waals surface area (Å²) in [6.07, 6.45) is 1.64. The van der Waals surface area contributed by atoms with Crippen molar-refractivity contribution in [2.24, 2.45) is 0 Å². The molecule has 28 heavy (non-hydrogen) atoms. The van der Waals surface area contributed by atoms with Crippen LogP contribution in [-0.4, -0.2) is 30.5 Å². The van der Waals surface area contributed by atoms with E-state index in [0.29, 0.717) is 11.3 Å². The minimum atomic E-state index is -0.480. The molecule has 0 saturated carbocycles. The Morgan fingerprint density at radius 1 is 0.964 bits per heavy atom. The molecule has 1 heterocycles. The van der Waals surface area contributed by atoms with E-state index >= 15 is 0 Å². The fourth-order valence-electron chi connectivity index (χ4n) is 2.68. The molecule has 2 aromatic carbocycles. The topological polar surface area (TPSA) is 71.5 Å². The van der Waals surface area contributed by atoms with Crippen molar-refractivity contribution in [3.05, 3.63) is 84.2 Å². The van der Waals surface area contributed by atoms with Crippen molar-refractivity contribution < 1.29 is 14.3 Å². The van der Waals surface area contributed by atoms with Crippen LogP contribution in [0.4, 0.5) is 17.1 Å². The van der Waals surface area contributed by atoms with Crippen molar-refractivity contribution in [1.82, 2.24) is 4.98 Å². The highest BCUT2D eigenvalue weighted by Gasteiger charge is 2.16. The first kappa shape index (κ1) is 19.1. The summed E-state index contributed by atoms with van der Waals surface area (Å²) >= 11 is 0. The van der Waals surface area contributed by atoms with Gasteiger partial charge in [-0.15, -0.1) is 0 Å². The lowest BCUT2D eigenvalue weighted by atomic mass is 10.1.